The van der Waals surface area contributed by atoms with Gasteiger partial charge in [-0.05, 0) is 29.8 Å². The highest BCUT2D eigenvalue weighted by molar-refractivity contribution is 7.22. The van der Waals surface area contributed by atoms with E-state index < -0.39 is 0 Å². The van der Waals surface area contributed by atoms with Gasteiger partial charge < -0.3 is 23.8 Å². The number of carbonyl (C=O) groups excluding carboxylic acids is 1. The highest BCUT2D eigenvalue weighted by Gasteiger charge is 2.32. The lowest BCUT2D eigenvalue weighted by atomic mass is 10.1. The van der Waals surface area contributed by atoms with E-state index in [9.17, 15) is 4.79 Å². The number of thiazole rings is 1. The number of carbonyl (C=O) groups is 1. The molecule has 0 bridgehead atoms. The van der Waals surface area contributed by atoms with Crippen molar-refractivity contribution in [3.05, 3.63) is 42.0 Å². The summed E-state index contributed by atoms with van der Waals surface area (Å²) in [7, 11) is 4.79. The third kappa shape index (κ3) is 3.93. The van der Waals surface area contributed by atoms with Crippen LogP contribution in [0.3, 0.4) is 0 Å². The van der Waals surface area contributed by atoms with E-state index in [-0.39, 0.29) is 18.5 Å². The van der Waals surface area contributed by atoms with Gasteiger partial charge in [-0.25, -0.2) is 4.98 Å². The summed E-state index contributed by atoms with van der Waals surface area (Å²) in [6.07, 6.45) is 0.0615. The second kappa shape index (κ2) is 8.16. The summed E-state index contributed by atoms with van der Waals surface area (Å²) >= 11 is 1.61. The number of aromatic nitrogens is 1. The molecule has 0 spiro atoms. The Kier molecular flexibility index (Phi) is 5.44. The second-order valence-electron chi connectivity index (χ2n) is 6.69. The molecule has 0 radical (unpaired) electrons. The first-order valence-corrected chi connectivity index (χ1v) is 10.0. The predicted octanol–water partition coefficient (Wildman–Crippen LogP) is 3.30. The van der Waals surface area contributed by atoms with E-state index in [1.54, 1.807) is 44.8 Å². The van der Waals surface area contributed by atoms with Crippen LogP contribution < -0.4 is 19.1 Å². The van der Waals surface area contributed by atoms with Crippen LogP contribution in [-0.4, -0.2) is 51.5 Å². The zero-order chi connectivity index (χ0) is 20.4. The number of hydrogen-bond acceptors (Lipinski definition) is 8. The predicted molar refractivity (Wildman–Crippen MR) is 112 cm³/mol. The molecule has 0 saturated carbocycles. The third-order valence-corrected chi connectivity index (χ3v) is 5.89. The Morgan fingerprint density at radius 3 is 2.55 bits per heavy atom. The van der Waals surface area contributed by atoms with E-state index in [1.807, 2.05) is 24.3 Å². The first-order chi connectivity index (χ1) is 14.1. The minimum absolute atomic E-state index is 0.128. The molecule has 8 heteroatoms. The molecule has 29 heavy (non-hydrogen) atoms. The maximum atomic E-state index is 12.3. The summed E-state index contributed by atoms with van der Waals surface area (Å²) < 4.78 is 22.5. The molecule has 1 saturated heterocycles. The van der Waals surface area contributed by atoms with Crippen LogP contribution in [-0.2, 0) is 16.0 Å². The highest BCUT2D eigenvalue weighted by Crippen LogP contribution is 2.36. The Labute approximate surface area is 172 Å². The summed E-state index contributed by atoms with van der Waals surface area (Å²) in [5.41, 5.74) is 1.69. The quantitative estimate of drug-likeness (QED) is 0.550. The van der Waals surface area contributed by atoms with Crippen molar-refractivity contribution in [1.29, 1.82) is 0 Å². The number of nitrogens with zero attached hydrogens (tertiary/aromatic N) is 2. The molecule has 1 aliphatic rings. The minimum Gasteiger partial charge on any atom is -0.494 e. The molecule has 0 atom stereocenters. The van der Waals surface area contributed by atoms with Crippen LogP contribution in [0.1, 0.15) is 5.56 Å². The van der Waals surface area contributed by atoms with Gasteiger partial charge in [0.15, 0.2) is 16.6 Å². The summed E-state index contributed by atoms with van der Waals surface area (Å²) in [4.78, 5) is 19.1. The maximum Gasteiger partial charge on any atom is 0.310 e. The Morgan fingerprint density at radius 2 is 1.83 bits per heavy atom. The van der Waals surface area contributed by atoms with E-state index in [4.69, 9.17) is 18.9 Å². The number of para-hydroxylation sites is 1. The van der Waals surface area contributed by atoms with Gasteiger partial charge in [0.2, 0.25) is 0 Å². The molecular weight excluding hydrogens is 392 g/mol. The van der Waals surface area contributed by atoms with Gasteiger partial charge in [0.1, 0.15) is 17.4 Å². The topological polar surface area (TPSA) is 70.1 Å². The van der Waals surface area contributed by atoms with E-state index in [0.717, 1.165) is 26.7 Å². The highest BCUT2D eigenvalue weighted by atomic mass is 32.1. The first kappa shape index (κ1) is 19.3. The smallest absolute Gasteiger partial charge is 0.310 e. The molecule has 0 aliphatic carbocycles. The van der Waals surface area contributed by atoms with Crippen LogP contribution in [0.25, 0.3) is 10.2 Å². The Bertz CT molecular complexity index is 1030. The number of anilines is 1. The number of rotatable bonds is 7. The van der Waals surface area contributed by atoms with Gasteiger partial charge in [0, 0.05) is 0 Å². The molecule has 3 aromatic rings. The molecule has 7 nitrogen and oxygen atoms in total. The zero-order valence-electron chi connectivity index (χ0n) is 16.5. The van der Waals surface area contributed by atoms with Crippen molar-refractivity contribution in [1.82, 2.24) is 4.98 Å². The van der Waals surface area contributed by atoms with Crippen LogP contribution in [0.2, 0.25) is 0 Å². The molecule has 1 fully saturated rings. The summed E-state index contributed by atoms with van der Waals surface area (Å²) in [6, 6.07) is 11.3. The molecule has 1 aromatic heterocycles. The summed E-state index contributed by atoms with van der Waals surface area (Å²) in [5.74, 6) is 1.74. The molecule has 2 aromatic carbocycles. The number of methoxy groups -OCH3 is 3. The SMILES string of the molecule is COc1ccc(CC(=O)OC2CN(c3nc4c(OC)cccc4s3)C2)cc1OC. The molecule has 0 unspecified atom stereocenters. The lowest BCUT2D eigenvalue weighted by Crippen LogP contribution is -2.53. The number of esters is 1. The van der Waals surface area contributed by atoms with Gasteiger partial charge in [-0.1, -0.05) is 23.5 Å². The first-order valence-electron chi connectivity index (χ1n) is 9.20. The van der Waals surface area contributed by atoms with Gasteiger partial charge in [-0.15, -0.1) is 0 Å². The Hall–Kier alpha value is -3.00. The van der Waals surface area contributed by atoms with Crippen molar-refractivity contribution in [3.63, 3.8) is 0 Å². The maximum absolute atomic E-state index is 12.3. The van der Waals surface area contributed by atoms with Gasteiger partial charge in [0.25, 0.3) is 0 Å². The fraction of sp³-hybridized carbons (Fsp3) is 0.333. The molecule has 4 rings (SSSR count). The van der Waals surface area contributed by atoms with E-state index in [2.05, 4.69) is 9.88 Å². The average Bonchev–Trinajstić information content (AvgIpc) is 3.13. The van der Waals surface area contributed by atoms with Crippen molar-refractivity contribution in [2.24, 2.45) is 0 Å². The molecule has 152 valence electrons. The van der Waals surface area contributed by atoms with Gasteiger partial charge in [-0.2, -0.15) is 0 Å². The Balaban J connectivity index is 1.33. The van der Waals surface area contributed by atoms with Crippen LogP contribution in [0.4, 0.5) is 5.13 Å². The van der Waals surface area contributed by atoms with Gasteiger partial charge >= 0.3 is 5.97 Å². The standard InChI is InChI=1S/C21H22N2O5S/c1-25-15-8-7-13(9-17(15)27-3)10-19(24)28-14-11-23(12-14)21-22-20-16(26-2)5-4-6-18(20)29-21/h4-9,14H,10-12H2,1-3H3. The number of fused-ring (bicyclic) bond motifs is 1. The zero-order valence-corrected chi connectivity index (χ0v) is 17.3. The summed E-state index contributed by atoms with van der Waals surface area (Å²) in [6.45, 7) is 1.28. The van der Waals surface area contributed by atoms with Crippen molar-refractivity contribution in [3.8, 4) is 17.2 Å². The fourth-order valence-corrected chi connectivity index (χ4v) is 4.27. The number of benzene rings is 2. The minimum atomic E-state index is -0.257. The normalized spacial score (nSPS) is 13.8. The van der Waals surface area contributed by atoms with Crippen molar-refractivity contribution >= 4 is 32.7 Å². The van der Waals surface area contributed by atoms with E-state index >= 15 is 0 Å². The summed E-state index contributed by atoms with van der Waals surface area (Å²) in [5, 5.41) is 0.914. The fourth-order valence-electron chi connectivity index (χ4n) is 3.27. The lowest BCUT2D eigenvalue weighted by Gasteiger charge is -2.38. The molecule has 2 heterocycles. The van der Waals surface area contributed by atoms with E-state index in [1.165, 1.54) is 0 Å². The third-order valence-electron chi connectivity index (χ3n) is 4.80. The molecule has 0 N–H and O–H groups in total. The molecule has 1 aliphatic heterocycles. The van der Waals surface area contributed by atoms with Crippen molar-refractivity contribution < 1.29 is 23.7 Å². The average molecular weight is 414 g/mol. The van der Waals surface area contributed by atoms with Crippen molar-refractivity contribution in [2.75, 3.05) is 39.3 Å². The number of ether oxygens (including phenoxy) is 4. The largest absolute Gasteiger partial charge is 0.494 e. The van der Waals surface area contributed by atoms with E-state index in [0.29, 0.717) is 24.6 Å². The number of hydrogen-bond donors (Lipinski definition) is 0. The van der Waals surface area contributed by atoms with Crippen LogP contribution in [0, 0.1) is 0 Å². The Morgan fingerprint density at radius 1 is 1.07 bits per heavy atom. The van der Waals surface area contributed by atoms with Gasteiger partial charge in [-0.3, -0.25) is 4.79 Å². The molecule has 0 amide bonds. The monoisotopic (exact) mass is 414 g/mol. The van der Waals surface area contributed by atoms with Crippen LogP contribution in [0.15, 0.2) is 36.4 Å². The lowest BCUT2D eigenvalue weighted by molar-refractivity contribution is -0.149. The van der Waals surface area contributed by atoms with Gasteiger partial charge in [0.05, 0.1) is 45.5 Å². The van der Waals surface area contributed by atoms with Crippen molar-refractivity contribution in [2.45, 2.75) is 12.5 Å². The molecular formula is C21H22N2O5S. The van der Waals surface area contributed by atoms with Crippen LogP contribution in [0.5, 0.6) is 17.2 Å². The van der Waals surface area contributed by atoms with Crippen LogP contribution >= 0.6 is 11.3 Å². The second-order valence-corrected chi connectivity index (χ2v) is 7.70.